The molecule has 0 aromatic carbocycles. The summed E-state index contributed by atoms with van der Waals surface area (Å²) in [7, 11) is 0. The van der Waals surface area contributed by atoms with Crippen LogP contribution in [-0.4, -0.2) is 51.0 Å². The quantitative estimate of drug-likeness (QED) is 0.485. The smallest absolute Gasteiger partial charge is 0.229 e. The molecule has 4 aliphatic rings. The van der Waals surface area contributed by atoms with E-state index in [0.29, 0.717) is 12.8 Å². The molecule has 0 aliphatic heterocycles. The molecule has 0 bridgehead atoms. The fraction of sp³-hybridized carbons (Fsp3) is 0.667. The molecular formula is C21H26O6. The van der Waals surface area contributed by atoms with Crippen LogP contribution in [0.2, 0.25) is 0 Å². The predicted octanol–water partition coefficient (Wildman–Crippen LogP) is 0.735. The first-order chi connectivity index (χ1) is 12.6. The second kappa shape index (κ2) is 5.69. The first-order valence-corrected chi connectivity index (χ1v) is 9.62. The average Bonchev–Trinajstić information content (AvgIpc) is 2.82. The van der Waals surface area contributed by atoms with Crippen LogP contribution in [0.25, 0.3) is 0 Å². The van der Waals surface area contributed by atoms with Crippen LogP contribution in [0.15, 0.2) is 23.8 Å². The van der Waals surface area contributed by atoms with Gasteiger partial charge in [-0.15, -0.1) is 0 Å². The van der Waals surface area contributed by atoms with Crippen LogP contribution in [0.3, 0.4) is 0 Å². The van der Waals surface area contributed by atoms with E-state index in [0.717, 1.165) is 5.57 Å². The van der Waals surface area contributed by atoms with E-state index in [1.165, 1.54) is 0 Å². The topological polar surface area (TPSA) is 112 Å². The Morgan fingerprint density at radius 3 is 2.67 bits per heavy atom. The first kappa shape index (κ1) is 18.7. The third-order valence-electron chi connectivity index (χ3n) is 8.20. The van der Waals surface area contributed by atoms with Crippen molar-refractivity contribution in [1.82, 2.24) is 0 Å². The fourth-order valence-electron chi connectivity index (χ4n) is 6.87. The Labute approximate surface area is 158 Å². The Hall–Kier alpha value is -1.63. The highest BCUT2D eigenvalue weighted by molar-refractivity contribution is 6.29. The van der Waals surface area contributed by atoms with Gasteiger partial charge in [-0.3, -0.25) is 14.4 Å². The van der Waals surface area contributed by atoms with Gasteiger partial charge in [0.1, 0.15) is 0 Å². The van der Waals surface area contributed by atoms with E-state index in [4.69, 9.17) is 0 Å². The zero-order valence-corrected chi connectivity index (χ0v) is 15.6. The maximum absolute atomic E-state index is 12.3. The van der Waals surface area contributed by atoms with Gasteiger partial charge < -0.3 is 15.3 Å². The molecule has 146 valence electrons. The van der Waals surface area contributed by atoms with Gasteiger partial charge in [0.2, 0.25) is 5.78 Å². The van der Waals surface area contributed by atoms with Gasteiger partial charge in [-0.25, -0.2) is 0 Å². The molecule has 0 aromatic heterocycles. The van der Waals surface area contributed by atoms with Crippen molar-refractivity contribution in [3.8, 4) is 0 Å². The second-order valence-electron chi connectivity index (χ2n) is 9.21. The van der Waals surface area contributed by atoms with Gasteiger partial charge in [-0.1, -0.05) is 25.5 Å². The van der Waals surface area contributed by atoms with E-state index in [9.17, 15) is 29.7 Å². The van der Waals surface area contributed by atoms with Crippen molar-refractivity contribution < 1.29 is 29.7 Å². The van der Waals surface area contributed by atoms with Crippen molar-refractivity contribution in [3.05, 3.63) is 23.8 Å². The molecule has 0 aromatic rings. The summed E-state index contributed by atoms with van der Waals surface area (Å²) >= 11 is 0. The summed E-state index contributed by atoms with van der Waals surface area (Å²) in [6.45, 7) is 3.74. The van der Waals surface area contributed by atoms with Gasteiger partial charge in [-0.2, -0.15) is 0 Å². The second-order valence-corrected chi connectivity index (χ2v) is 9.21. The largest absolute Gasteiger partial charge is 0.393 e. The van der Waals surface area contributed by atoms with Crippen molar-refractivity contribution in [2.45, 2.75) is 57.3 Å². The lowest BCUT2D eigenvalue weighted by atomic mass is 9.46. The molecule has 4 rings (SSSR count). The standard InChI is InChI=1S/C21H26O6/c1-19-6-5-12(23)7-11(19)3-4-13-14-8-16(25)21(27,17(26)10-22)20(14,2)9-15(24)18(13)19/h5-7,10,13-16,18,24-25,27H,3-4,8-9H2,1-2H3. The SMILES string of the molecule is CC12C=CC(=O)C=C1CCC1C2C(O)CC2(C)C1CC(O)C2(O)C(=O)C=O. The van der Waals surface area contributed by atoms with Crippen LogP contribution < -0.4 is 0 Å². The highest BCUT2D eigenvalue weighted by Gasteiger charge is 2.71. The maximum Gasteiger partial charge on any atom is 0.229 e. The molecule has 0 radical (unpaired) electrons. The van der Waals surface area contributed by atoms with Gasteiger partial charge >= 0.3 is 0 Å². The van der Waals surface area contributed by atoms with E-state index < -0.39 is 34.4 Å². The van der Waals surface area contributed by atoms with Crippen LogP contribution in [-0.2, 0) is 14.4 Å². The third kappa shape index (κ3) is 2.15. The first-order valence-electron chi connectivity index (χ1n) is 9.62. The summed E-state index contributed by atoms with van der Waals surface area (Å²) in [4.78, 5) is 35.3. The van der Waals surface area contributed by atoms with Crippen LogP contribution >= 0.6 is 0 Å². The molecule has 3 fully saturated rings. The van der Waals surface area contributed by atoms with Crippen molar-refractivity contribution >= 4 is 17.9 Å². The number of fused-ring (bicyclic) bond motifs is 5. The Morgan fingerprint density at radius 1 is 1.30 bits per heavy atom. The number of aliphatic hydroxyl groups excluding tert-OH is 2. The molecule has 0 amide bonds. The summed E-state index contributed by atoms with van der Waals surface area (Å²) in [6, 6.07) is 0. The van der Waals surface area contributed by atoms with Crippen LogP contribution in [0.5, 0.6) is 0 Å². The van der Waals surface area contributed by atoms with E-state index >= 15 is 0 Å². The van der Waals surface area contributed by atoms with Crippen LogP contribution in [0, 0.1) is 28.6 Å². The molecule has 6 nitrogen and oxygen atoms in total. The Kier molecular flexibility index (Phi) is 3.94. The van der Waals surface area contributed by atoms with Crippen LogP contribution in [0.1, 0.15) is 39.5 Å². The van der Waals surface area contributed by atoms with Crippen molar-refractivity contribution in [1.29, 1.82) is 0 Å². The minimum atomic E-state index is -2.17. The van der Waals surface area contributed by atoms with Gasteiger partial charge in [0, 0.05) is 16.7 Å². The normalized spacial score (nSPS) is 51.1. The molecule has 0 spiro atoms. The highest BCUT2D eigenvalue weighted by Crippen LogP contribution is 2.66. The van der Waals surface area contributed by atoms with Gasteiger partial charge in [-0.05, 0) is 49.7 Å². The van der Waals surface area contributed by atoms with E-state index in [-0.39, 0.29) is 42.7 Å². The lowest BCUT2D eigenvalue weighted by Crippen LogP contribution is -2.63. The minimum absolute atomic E-state index is 0.0260. The summed E-state index contributed by atoms with van der Waals surface area (Å²) in [6.07, 6.45) is 4.76. The Balaban J connectivity index is 1.79. The van der Waals surface area contributed by atoms with Crippen molar-refractivity contribution in [2.24, 2.45) is 28.6 Å². The molecule has 6 heteroatoms. The monoisotopic (exact) mass is 374 g/mol. The third-order valence-corrected chi connectivity index (χ3v) is 8.20. The number of carbonyl (C=O) groups excluding carboxylic acids is 3. The summed E-state index contributed by atoms with van der Waals surface area (Å²) in [5, 5.41) is 32.8. The number of allylic oxidation sites excluding steroid dienone is 4. The number of ketones is 2. The maximum atomic E-state index is 12.3. The number of aldehydes is 1. The van der Waals surface area contributed by atoms with E-state index in [2.05, 4.69) is 0 Å². The van der Waals surface area contributed by atoms with Gasteiger partial charge in [0.25, 0.3) is 0 Å². The molecular weight excluding hydrogens is 348 g/mol. The summed E-state index contributed by atoms with van der Waals surface area (Å²) < 4.78 is 0. The number of hydrogen-bond donors (Lipinski definition) is 3. The zero-order valence-electron chi connectivity index (χ0n) is 15.6. The molecule has 27 heavy (non-hydrogen) atoms. The summed E-state index contributed by atoms with van der Waals surface area (Å²) in [5.41, 5.74) is -2.69. The average molecular weight is 374 g/mol. The number of hydrogen-bond acceptors (Lipinski definition) is 6. The van der Waals surface area contributed by atoms with Gasteiger partial charge in [0.05, 0.1) is 12.2 Å². The number of carbonyl (C=O) groups is 3. The van der Waals surface area contributed by atoms with Crippen LogP contribution in [0.4, 0.5) is 0 Å². The van der Waals surface area contributed by atoms with Crippen molar-refractivity contribution in [2.75, 3.05) is 0 Å². The fourth-order valence-corrected chi connectivity index (χ4v) is 6.87. The van der Waals surface area contributed by atoms with E-state index in [1.54, 1.807) is 19.1 Å². The predicted molar refractivity (Wildman–Crippen MR) is 95.4 cm³/mol. The molecule has 0 saturated heterocycles. The number of Topliss-reactive ketones (excluding diaryl/α,β-unsaturated/α-hetero) is 1. The Bertz CT molecular complexity index is 784. The molecule has 3 saturated carbocycles. The molecule has 4 aliphatic carbocycles. The Morgan fingerprint density at radius 2 is 2.00 bits per heavy atom. The molecule has 3 N–H and O–H groups in total. The number of aliphatic hydroxyl groups is 3. The lowest BCUT2D eigenvalue weighted by molar-refractivity contribution is -0.187. The highest BCUT2D eigenvalue weighted by atomic mass is 16.4. The van der Waals surface area contributed by atoms with E-state index in [1.807, 2.05) is 13.0 Å². The lowest BCUT2D eigenvalue weighted by Gasteiger charge is -2.59. The summed E-state index contributed by atoms with van der Waals surface area (Å²) in [5.74, 6) is -1.45. The number of rotatable bonds is 2. The van der Waals surface area contributed by atoms with Crippen molar-refractivity contribution in [3.63, 3.8) is 0 Å². The minimum Gasteiger partial charge on any atom is -0.393 e. The molecule has 0 heterocycles. The molecule has 8 unspecified atom stereocenters. The molecule has 8 atom stereocenters. The zero-order chi connectivity index (χ0) is 19.8. The van der Waals surface area contributed by atoms with Gasteiger partial charge in [0.15, 0.2) is 17.7 Å².